The third-order valence-electron chi connectivity index (χ3n) is 5.66. The molecule has 0 radical (unpaired) electrons. The van der Waals surface area contributed by atoms with Crippen LogP contribution in [0.25, 0.3) is 0 Å². The quantitative estimate of drug-likeness (QED) is 0.617. The number of rotatable bonds is 3. The van der Waals surface area contributed by atoms with Gasteiger partial charge in [0.25, 0.3) is 0 Å². The zero-order chi connectivity index (χ0) is 12.9. The molecule has 18 heavy (non-hydrogen) atoms. The van der Waals surface area contributed by atoms with E-state index in [2.05, 4.69) is 13.5 Å². The lowest BCUT2D eigenvalue weighted by atomic mass is 9.80. The summed E-state index contributed by atoms with van der Waals surface area (Å²) >= 11 is 0. The zero-order valence-corrected chi connectivity index (χ0v) is 11.0. The Morgan fingerprint density at radius 2 is 2.11 bits per heavy atom. The van der Waals surface area contributed by atoms with E-state index in [9.17, 15) is 9.90 Å². The van der Waals surface area contributed by atoms with E-state index in [-0.39, 0.29) is 17.7 Å². The number of carbonyl (C=O) groups excluding carboxylic acids is 1. The van der Waals surface area contributed by atoms with Crippen molar-refractivity contribution in [3.63, 3.8) is 0 Å². The molecule has 3 heteroatoms. The summed E-state index contributed by atoms with van der Waals surface area (Å²) in [5, 5.41) is 10.0. The van der Waals surface area contributed by atoms with E-state index in [0.717, 1.165) is 25.7 Å². The summed E-state index contributed by atoms with van der Waals surface area (Å²) < 4.78 is 5.65. The number of aliphatic hydroxyl groups is 1. The molecule has 3 rings (SSSR count). The van der Waals surface area contributed by atoms with Crippen LogP contribution in [0.15, 0.2) is 12.7 Å². The van der Waals surface area contributed by atoms with Crippen LogP contribution in [-0.2, 0) is 9.53 Å². The summed E-state index contributed by atoms with van der Waals surface area (Å²) in [5.74, 6) is 2.04. The van der Waals surface area contributed by atoms with E-state index in [1.54, 1.807) is 0 Å². The van der Waals surface area contributed by atoms with Gasteiger partial charge in [0.15, 0.2) is 0 Å². The van der Waals surface area contributed by atoms with Crippen molar-refractivity contribution in [3.8, 4) is 0 Å². The molecule has 3 saturated carbocycles. The molecule has 0 saturated heterocycles. The van der Waals surface area contributed by atoms with Crippen molar-refractivity contribution in [1.82, 2.24) is 0 Å². The third kappa shape index (κ3) is 1.63. The van der Waals surface area contributed by atoms with Crippen LogP contribution in [0, 0.1) is 23.7 Å². The van der Waals surface area contributed by atoms with Gasteiger partial charge in [-0.15, -0.1) is 0 Å². The molecule has 6 atom stereocenters. The molecule has 1 N–H and O–H groups in total. The maximum absolute atomic E-state index is 11.5. The first kappa shape index (κ1) is 12.2. The molecular formula is C15H22O3. The fourth-order valence-electron chi connectivity index (χ4n) is 4.83. The molecule has 3 aliphatic carbocycles. The molecule has 0 spiro atoms. The molecule has 6 unspecified atom stereocenters. The first-order valence-corrected chi connectivity index (χ1v) is 7.12. The fraction of sp³-hybridized carbons (Fsp3) is 0.800. The summed E-state index contributed by atoms with van der Waals surface area (Å²) in [4.78, 5) is 11.5. The van der Waals surface area contributed by atoms with Crippen LogP contribution in [0.3, 0.4) is 0 Å². The van der Waals surface area contributed by atoms with Gasteiger partial charge in [-0.05, 0) is 55.8 Å². The van der Waals surface area contributed by atoms with E-state index in [0.29, 0.717) is 23.7 Å². The highest BCUT2D eigenvalue weighted by atomic mass is 16.6. The molecule has 0 heterocycles. The van der Waals surface area contributed by atoms with E-state index in [4.69, 9.17) is 4.74 Å². The molecule has 0 aromatic carbocycles. The molecule has 0 amide bonds. The maximum Gasteiger partial charge on any atom is 0.330 e. The van der Waals surface area contributed by atoms with Crippen molar-refractivity contribution in [1.29, 1.82) is 0 Å². The topological polar surface area (TPSA) is 46.5 Å². The van der Waals surface area contributed by atoms with Gasteiger partial charge in [-0.25, -0.2) is 4.79 Å². The Labute approximate surface area is 108 Å². The van der Waals surface area contributed by atoms with Crippen molar-refractivity contribution in [3.05, 3.63) is 12.7 Å². The molecule has 0 aromatic heterocycles. The molecule has 3 nitrogen and oxygen atoms in total. The molecule has 2 bridgehead atoms. The number of carbonyl (C=O) groups is 1. The van der Waals surface area contributed by atoms with Crippen LogP contribution in [0.2, 0.25) is 0 Å². The van der Waals surface area contributed by atoms with Gasteiger partial charge in [-0.2, -0.15) is 0 Å². The van der Waals surface area contributed by atoms with Crippen LogP contribution in [0.5, 0.6) is 0 Å². The number of hydrogen-bond acceptors (Lipinski definition) is 3. The lowest BCUT2D eigenvalue weighted by Gasteiger charge is -2.29. The standard InChI is InChI=1S/C15H22O3/c1-3-14(17)18-15(4-2)7-11-9-5-10(12(11)8-15)13(16)6-9/h3,9-13,16H,1,4-8H2,2H3. The van der Waals surface area contributed by atoms with Crippen LogP contribution in [0.4, 0.5) is 0 Å². The van der Waals surface area contributed by atoms with E-state index in [1.807, 2.05) is 0 Å². The van der Waals surface area contributed by atoms with Crippen LogP contribution in [-0.4, -0.2) is 22.8 Å². The highest BCUT2D eigenvalue weighted by Gasteiger charge is 2.60. The lowest BCUT2D eigenvalue weighted by molar-refractivity contribution is -0.154. The first-order chi connectivity index (χ1) is 8.58. The minimum absolute atomic E-state index is 0.112. The minimum Gasteiger partial charge on any atom is -0.456 e. The van der Waals surface area contributed by atoms with Crippen molar-refractivity contribution < 1.29 is 14.6 Å². The molecule has 3 aliphatic rings. The maximum atomic E-state index is 11.5. The number of esters is 1. The van der Waals surface area contributed by atoms with Crippen molar-refractivity contribution >= 4 is 5.97 Å². The Balaban J connectivity index is 1.78. The fourth-order valence-corrected chi connectivity index (χ4v) is 4.83. The van der Waals surface area contributed by atoms with E-state index < -0.39 is 0 Å². The summed E-state index contributed by atoms with van der Waals surface area (Å²) in [6, 6.07) is 0. The average Bonchev–Trinajstić information content (AvgIpc) is 2.98. The third-order valence-corrected chi connectivity index (χ3v) is 5.66. The van der Waals surface area contributed by atoms with E-state index >= 15 is 0 Å². The molecule has 100 valence electrons. The molecule has 0 aliphatic heterocycles. The minimum atomic E-state index is -0.301. The summed E-state index contributed by atoms with van der Waals surface area (Å²) in [6.45, 7) is 5.57. The summed E-state index contributed by atoms with van der Waals surface area (Å²) in [6.07, 6.45) is 6.09. The Kier molecular flexibility index (Phi) is 2.77. The van der Waals surface area contributed by atoms with E-state index in [1.165, 1.54) is 12.5 Å². The summed E-state index contributed by atoms with van der Waals surface area (Å²) in [7, 11) is 0. The number of fused-ring (bicyclic) bond motifs is 5. The van der Waals surface area contributed by atoms with Gasteiger partial charge in [-0.3, -0.25) is 0 Å². The molecule has 3 fully saturated rings. The highest BCUT2D eigenvalue weighted by Crippen LogP contribution is 2.62. The SMILES string of the molecule is C=CC(=O)OC1(CC)CC2C3CC(O)C(C3)C2C1. The second-order valence-corrected chi connectivity index (χ2v) is 6.36. The first-order valence-electron chi connectivity index (χ1n) is 7.12. The van der Waals surface area contributed by atoms with Crippen molar-refractivity contribution in [2.75, 3.05) is 0 Å². The highest BCUT2D eigenvalue weighted by molar-refractivity contribution is 5.81. The summed E-state index contributed by atoms with van der Waals surface area (Å²) in [5.41, 5.74) is -0.290. The Hall–Kier alpha value is -0.830. The van der Waals surface area contributed by atoms with Crippen molar-refractivity contribution in [2.24, 2.45) is 23.7 Å². The predicted octanol–water partition coefficient (Wildman–Crippen LogP) is 2.29. The van der Waals surface area contributed by atoms with Gasteiger partial charge in [0.2, 0.25) is 0 Å². The zero-order valence-electron chi connectivity index (χ0n) is 11.0. The second kappa shape index (κ2) is 4.09. The lowest BCUT2D eigenvalue weighted by Crippen LogP contribution is -2.32. The average molecular weight is 250 g/mol. The normalized spacial score (nSPS) is 49.1. The Morgan fingerprint density at radius 1 is 1.39 bits per heavy atom. The second-order valence-electron chi connectivity index (χ2n) is 6.36. The number of ether oxygens (including phenoxy) is 1. The van der Waals surface area contributed by atoms with Gasteiger partial charge in [-0.1, -0.05) is 13.5 Å². The Morgan fingerprint density at radius 3 is 2.78 bits per heavy atom. The smallest absolute Gasteiger partial charge is 0.330 e. The monoisotopic (exact) mass is 250 g/mol. The van der Waals surface area contributed by atoms with Crippen LogP contribution < -0.4 is 0 Å². The van der Waals surface area contributed by atoms with Crippen LogP contribution >= 0.6 is 0 Å². The predicted molar refractivity (Wildman–Crippen MR) is 67.7 cm³/mol. The largest absolute Gasteiger partial charge is 0.456 e. The van der Waals surface area contributed by atoms with Gasteiger partial charge in [0.1, 0.15) is 5.60 Å². The Bertz CT molecular complexity index is 378. The van der Waals surface area contributed by atoms with Crippen LogP contribution in [0.1, 0.15) is 39.0 Å². The van der Waals surface area contributed by atoms with Gasteiger partial charge in [0.05, 0.1) is 6.10 Å². The van der Waals surface area contributed by atoms with Gasteiger partial charge >= 0.3 is 5.97 Å². The number of aliphatic hydroxyl groups excluding tert-OH is 1. The molecule has 0 aromatic rings. The number of hydrogen-bond donors (Lipinski definition) is 1. The van der Waals surface area contributed by atoms with Crippen molar-refractivity contribution in [2.45, 2.75) is 50.7 Å². The van der Waals surface area contributed by atoms with Gasteiger partial charge < -0.3 is 9.84 Å². The molecular weight excluding hydrogens is 228 g/mol. The van der Waals surface area contributed by atoms with Gasteiger partial charge in [0, 0.05) is 6.08 Å².